The molecule has 1 N–H and O–H groups in total. The van der Waals surface area contributed by atoms with Gasteiger partial charge < -0.3 is 5.32 Å². The Bertz CT molecular complexity index is 664. The van der Waals surface area contributed by atoms with Crippen LogP contribution in [-0.4, -0.2) is 11.9 Å². The van der Waals surface area contributed by atoms with Gasteiger partial charge in [0.1, 0.15) is 0 Å². The van der Waals surface area contributed by atoms with Crippen LogP contribution in [0.15, 0.2) is 42.5 Å². The SMILES string of the molecule is C[C@@H]1[C@H](C)CCC[C@H]1NC(=O)Cc1ccc2ccccc2c1. The van der Waals surface area contributed by atoms with E-state index >= 15 is 0 Å². The predicted octanol–water partition coefficient (Wildman–Crippen LogP) is 4.32. The minimum Gasteiger partial charge on any atom is -0.353 e. The molecule has 0 bridgehead atoms. The van der Waals surface area contributed by atoms with E-state index in [0.717, 1.165) is 12.0 Å². The van der Waals surface area contributed by atoms with Gasteiger partial charge in [0.15, 0.2) is 0 Å². The molecule has 0 aliphatic heterocycles. The van der Waals surface area contributed by atoms with E-state index in [2.05, 4.69) is 49.5 Å². The highest BCUT2D eigenvalue weighted by Crippen LogP contribution is 2.29. The maximum absolute atomic E-state index is 12.4. The van der Waals surface area contributed by atoms with Gasteiger partial charge in [-0.2, -0.15) is 0 Å². The molecular formula is C20H25NO. The number of hydrogen-bond acceptors (Lipinski definition) is 1. The molecule has 22 heavy (non-hydrogen) atoms. The average Bonchev–Trinajstić information content (AvgIpc) is 2.52. The molecule has 0 heterocycles. The molecule has 1 saturated carbocycles. The largest absolute Gasteiger partial charge is 0.353 e. The fourth-order valence-corrected chi connectivity index (χ4v) is 3.58. The van der Waals surface area contributed by atoms with Crippen LogP contribution in [0.25, 0.3) is 10.8 Å². The number of amides is 1. The zero-order chi connectivity index (χ0) is 15.5. The second kappa shape index (κ2) is 6.51. The van der Waals surface area contributed by atoms with Gasteiger partial charge in [0.25, 0.3) is 0 Å². The Balaban J connectivity index is 1.65. The Morgan fingerprint density at radius 3 is 2.68 bits per heavy atom. The Kier molecular flexibility index (Phi) is 4.47. The summed E-state index contributed by atoms with van der Waals surface area (Å²) in [6.45, 7) is 4.57. The molecule has 3 rings (SSSR count). The summed E-state index contributed by atoms with van der Waals surface area (Å²) < 4.78 is 0. The van der Waals surface area contributed by atoms with Crippen molar-refractivity contribution in [1.82, 2.24) is 5.32 Å². The summed E-state index contributed by atoms with van der Waals surface area (Å²) in [5.74, 6) is 1.44. The van der Waals surface area contributed by atoms with Crippen LogP contribution in [0.4, 0.5) is 0 Å². The lowest BCUT2D eigenvalue weighted by Crippen LogP contribution is -2.44. The lowest BCUT2D eigenvalue weighted by Gasteiger charge is -2.34. The summed E-state index contributed by atoms with van der Waals surface area (Å²) in [7, 11) is 0. The van der Waals surface area contributed by atoms with Crippen LogP contribution in [-0.2, 0) is 11.2 Å². The Hall–Kier alpha value is -1.83. The molecule has 1 fully saturated rings. The number of nitrogens with one attached hydrogen (secondary N) is 1. The minimum absolute atomic E-state index is 0.154. The number of carbonyl (C=O) groups is 1. The topological polar surface area (TPSA) is 29.1 Å². The van der Waals surface area contributed by atoms with Crippen molar-refractivity contribution < 1.29 is 4.79 Å². The lowest BCUT2D eigenvalue weighted by atomic mass is 9.78. The van der Waals surface area contributed by atoms with Crippen molar-refractivity contribution in [3.8, 4) is 0 Å². The molecule has 1 amide bonds. The second-order valence-electron chi connectivity index (χ2n) is 6.80. The molecule has 2 nitrogen and oxygen atoms in total. The zero-order valence-corrected chi connectivity index (χ0v) is 13.5. The van der Waals surface area contributed by atoms with Crippen LogP contribution in [0.3, 0.4) is 0 Å². The van der Waals surface area contributed by atoms with Crippen molar-refractivity contribution in [2.45, 2.75) is 45.6 Å². The van der Waals surface area contributed by atoms with Gasteiger partial charge in [-0.25, -0.2) is 0 Å². The van der Waals surface area contributed by atoms with E-state index in [4.69, 9.17) is 0 Å². The van der Waals surface area contributed by atoms with E-state index < -0.39 is 0 Å². The normalized spacial score (nSPS) is 25.1. The predicted molar refractivity (Wildman–Crippen MR) is 91.8 cm³/mol. The quantitative estimate of drug-likeness (QED) is 0.897. The molecule has 116 valence electrons. The van der Waals surface area contributed by atoms with Crippen LogP contribution >= 0.6 is 0 Å². The smallest absolute Gasteiger partial charge is 0.224 e. The molecule has 1 aliphatic carbocycles. The van der Waals surface area contributed by atoms with E-state index in [1.807, 2.05) is 12.1 Å². The third kappa shape index (κ3) is 3.32. The molecule has 0 unspecified atom stereocenters. The number of rotatable bonds is 3. The first-order chi connectivity index (χ1) is 10.6. The standard InChI is InChI=1S/C20H25NO/c1-14-6-5-9-19(15(14)2)21-20(22)13-16-10-11-17-7-3-4-8-18(17)12-16/h3-4,7-8,10-12,14-15,19H,5-6,9,13H2,1-2H3,(H,21,22)/t14-,15-,19-/m1/s1. The monoisotopic (exact) mass is 295 g/mol. The molecule has 0 spiro atoms. The van der Waals surface area contributed by atoms with E-state index in [-0.39, 0.29) is 5.91 Å². The van der Waals surface area contributed by atoms with Crippen LogP contribution in [0, 0.1) is 11.8 Å². The zero-order valence-electron chi connectivity index (χ0n) is 13.5. The van der Waals surface area contributed by atoms with Crippen molar-refractivity contribution in [3.05, 3.63) is 48.0 Å². The first-order valence-corrected chi connectivity index (χ1v) is 8.40. The average molecular weight is 295 g/mol. The first-order valence-electron chi connectivity index (χ1n) is 8.40. The van der Waals surface area contributed by atoms with Gasteiger partial charge in [-0.15, -0.1) is 0 Å². The first kappa shape index (κ1) is 15.1. The molecule has 3 atom stereocenters. The Morgan fingerprint density at radius 1 is 1.09 bits per heavy atom. The highest BCUT2D eigenvalue weighted by molar-refractivity contribution is 5.85. The summed E-state index contributed by atoms with van der Waals surface area (Å²) in [4.78, 5) is 12.4. The Morgan fingerprint density at radius 2 is 1.86 bits per heavy atom. The fraction of sp³-hybridized carbons (Fsp3) is 0.450. The van der Waals surface area contributed by atoms with E-state index in [1.165, 1.54) is 23.6 Å². The van der Waals surface area contributed by atoms with Gasteiger partial charge >= 0.3 is 0 Å². The van der Waals surface area contributed by atoms with Crippen molar-refractivity contribution in [2.24, 2.45) is 11.8 Å². The van der Waals surface area contributed by atoms with Gasteiger partial charge in [-0.05, 0) is 34.6 Å². The summed E-state index contributed by atoms with van der Waals surface area (Å²) >= 11 is 0. The van der Waals surface area contributed by atoms with Crippen LogP contribution in [0.5, 0.6) is 0 Å². The van der Waals surface area contributed by atoms with Crippen molar-refractivity contribution >= 4 is 16.7 Å². The van der Waals surface area contributed by atoms with Crippen molar-refractivity contribution in [1.29, 1.82) is 0 Å². The minimum atomic E-state index is 0.154. The lowest BCUT2D eigenvalue weighted by molar-refractivity contribution is -0.121. The van der Waals surface area contributed by atoms with E-state index in [9.17, 15) is 4.79 Å². The van der Waals surface area contributed by atoms with Crippen LogP contribution in [0.2, 0.25) is 0 Å². The van der Waals surface area contributed by atoms with Gasteiger partial charge in [0.2, 0.25) is 5.91 Å². The van der Waals surface area contributed by atoms with E-state index in [1.54, 1.807) is 0 Å². The maximum Gasteiger partial charge on any atom is 0.224 e. The molecule has 2 heteroatoms. The van der Waals surface area contributed by atoms with Gasteiger partial charge in [-0.1, -0.05) is 69.2 Å². The third-order valence-electron chi connectivity index (χ3n) is 5.23. The highest BCUT2D eigenvalue weighted by atomic mass is 16.1. The molecule has 2 aromatic rings. The van der Waals surface area contributed by atoms with Gasteiger partial charge in [0, 0.05) is 6.04 Å². The number of benzene rings is 2. The maximum atomic E-state index is 12.4. The van der Waals surface area contributed by atoms with Crippen LogP contribution in [0.1, 0.15) is 38.7 Å². The van der Waals surface area contributed by atoms with Crippen LogP contribution < -0.4 is 5.32 Å². The third-order valence-corrected chi connectivity index (χ3v) is 5.23. The fourth-order valence-electron chi connectivity index (χ4n) is 3.58. The van der Waals surface area contributed by atoms with Crippen molar-refractivity contribution in [2.75, 3.05) is 0 Å². The molecule has 2 aromatic carbocycles. The number of carbonyl (C=O) groups excluding carboxylic acids is 1. The molecule has 0 radical (unpaired) electrons. The second-order valence-corrected chi connectivity index (χ2v) is 6.80. The molecule has 1 aliphatic rings. The number of hydrogen-bond donors (Lipinski definition) is 1. The molecule has 0 saturated heterocycles. The Labute approximate surface area is 132 Å². The highest BCUT2D eigenvalue weighted by Gasteiger charge is 2.27. The molecule has 0 aromatic heterocycles. The number of fused-ring (bicyclic) bond motifs is 1. The molecular weight excluding hydrogens is 270 g/mol. The summed E-state index contributed by atoms with van der Waals surface area (Å²) in [5, 5.41) is 5.68. The van der Waals surface area contributed by atoms with Gasteiger partial charge in [-0.3, -0.25) is 4.79 Å². The van der Waals surface area contributed by atoms with E-state index in [0.29, 0.717) is 24.3 Å². The van der Waals surface area contributed by atoms with Gasteiger partial charge in [0.05, 0.1) is 6.42 Å². The van der Waals surface area contributed by atoms with Crippen molar-refractivity contribution in [3.63, 3.8) is 0 Å². The summed E-state index contributed by atoms with van der Waals surface area (Å²) in [6, 6.07) is 14.9. The summed E-state index contributed by atoms with van der Waals surface area (Å²) in [5.41, 5.74) is 1.09. The summed E-state index contributed by atoms with van der Waals surface area (Å²) in [6.07, 6.45) is 4.11.